The molecule has 9 nitrogen and oxygen atoms in total. The minimum atomic E-state index is -0.189. The minimum Gasteiger partial charge on any atom is -0.395 e. The molecule has 0 saturated carbocycles. The summed E-state index contributed by atoms with van der Waals surface area (Å²) in [6, 6.07) is 0. The fourth-order valence-electron chi connectivity index (χ4n) is 1.62. The van der Waals surface area contributed by atoms with Gasteiger partial charge in [-0.3, -0.25) is 31.9 Å². The Hall–Kier alpha value is -0.360. The van der Waals surface area contributed by atoms with Crippen molar-refractivity contribution < 1.29 is 15.3 Å². The van der Waals surface area contributed by atoms with Crippen LogP contribution in [0.25, 0.3) is 0 Å². The van der Waals surface area contributed by atoms with Crippen LogP contribution in [-0.4, -0.2) is 73.6 Å². The summed E-state index contributed by atoms with van der Waals surface area (Å²) in [7, 11) is 0. The van der Waals surface area contributed by atoms with E-state index in [9.17, 15) is 0 Å². The third kappa shape index (κ3) is 6.00. The number of aliphatic hydroxyl groups is 3. The first kappa shape index (κ1) is 15.7. The first-order valence-corrected chi connectivity index (χ1v) is 6.11. The van der Waals surface area contributed by atoms with E-state index in [0.717, 1.165) is 0 Å². The van der Waals surface area contributed by atoms with Crippen molar-refractivity contribution in [2.45, 2.75) is 18.9 Å². The highest BCUT2D eigenvalue weighted by Gasteiger charge is 2.25. The van der Waals surface area contributed by atoms with Crippen molar-refractivity contribution in [1.82, 2.24) is 31.9 Å². The predicted octanol–water partition coefficient (Wildman–Crippen LogP) is -4.63. The van der Waals surface area contributed by atoms with Crippen LogP contribution in [0.4, 0.5) is 0 Å². The quantitative estimate of drug-likeness (QED) is 0.202. The summed E-state index contributed by atoms with van der Waals surface area (Å²) < 4.78 is 0. The SMILES string of the molecule is OCCNC1NC(NCCO)NC(NCCO)N1. The highest BCUT2D eigenvalue weighted by molar-refractivity contribution is 4.79. The summed E-state index contributed by atoms with van der Waals surface area (Å²) in [4.78, 5) is 0. The van der Waals surface area contributed by atoms with Crippen LogP contribution in [0.3, 0.4) is 0 Å². The van der Waals surface area contributed by atoms with Gasteiger partial charge >= 0.3 is 0 Å². The van der Waals surface area contributed by atoms with Gasteiger partial charge in [-0.25, -0.2) is 0 Å². The van der Waals surface area contributed by atoms with Gasteiger partial charge in [0.25, 0.3) is 0 Å². The van der Waals surface area contributed by atoms with E-state index in [0.29, 0.717) is 19.6 Å². The zero-order valence-corrected chi connectivity index (χ0v) is 10.3. The molecule has 18 heavy (non-hydrogen) atoms. The van der Waals surface area contributed by atoms with E-state index in [1.165, 1.54) is 0 Å². The molecule has 108 valence electrons. The zero-order chi connectivity index (χ0) is 13.2. The number of hydrogen-bond acceptors (Lipinski definition) is 9. The van der Waals surface area contributed by atoms with E-state index >= 15 is 0 Å². The lowest BCUT2D eigenvalue weighted by Crippen LogP contribution is -2.77. The lowest BCUT2D eigenvalue weighted by molar-refractivity contribution is 0.120. The van der Waals surface area contributed by atoms with E-state index in [1.54, 1.807) is 0 Å². The number of aliphatic hydroxyl groups excluding tert-OH is 3. The summed E-state index contributed by atoms with van der Waals surface area (Å²) in [5.74, 6) is 0. The summed E-state index contributed by atoms with van der Waals surface area (Å²) in [5, 5.41) is 45.0. The van der Waals surface area contributed by atoms with Gasteiger partial charge in [0.1, 0.15) is 18.9 Å². The molecule has 1 aliphatic rings. The molecule has 0 aromatic heterocycles. The van der Waals surface area contributed by atoms with Crippen LogP contribution >= 0.6 is 0 Å². The third-order valence-corrected chi connectivity index (χ3v) is 2.38. The molecule has 0 unspecified atom stereocenters. The molecular weight excluding hydrogens is 240 g/mol. The van der Waals surface area contributed by atoms with Crippen LogP contribution in [0.1, 0.15) is 0 Å². The smallest absolute Gasteiger partial charge is 0.116 e. The topological polar surface area (TPSA) is 133 Å². The highest BCUT2D eigenvalue weighted by Crippen LogP contribution is 1.88. The molecular formula is C9H24N6O3. The maximum atomic E-state index is 8.78. The van der Waals surface area contributed by atoms with Crippen LogP contribution in [0.2, 0.25) is 0 Å². The van der Waals surface area contributed by atoms with Gasteiger partial charge in [0.05, 0.1) is 19.8 Å². The van der Waals surface area contributed by atoms with Gasteiger partial charge in [-0.2, -0.15) is 0 Å². The van der Waals surface area contributed by atoms with E-state index < -0.39 is 0 Å². The molecule has 1 rings (SSSR count). The Morgan fingerprint density at radius 1 is 0.611 bits per heavy atom. The van der Waals surface area contributed by atoms with E-state index in [-0.39, 0.29) is 38.7 Å². The van der Waals surface area contributed by atoms with Crippen molar-refractivity contribution in [1.29, 1.82) is 0 Å². The van der Waals surface area contributed by atoms with Crippen molar-refractivity contribution in [3.8, 4) is 0 Å². The van der Waals surface area contributed by atoms with Crippen molar-refractivity contribution in [3.63, 3.8) is 0 Å². The maximum Gasteiger partial charge on any atom is 0.116 e. The monoisotopic (exact) mass is 264 g/mol. The van der Waals surface area contributed by atoms with Gasteiger partial charge in [-0.1, -0.05) is 0 Å². The maximum absolute atomic E-state index is 8.78. The zero-order valence-electron chi connectivity index (χ0n) is 10.3. The Morgan fingerprint density at radius 2 is 0.889 bits per heavy atom. The third-order valence-electron chi connectivity index (χ3n) is 2.38. The van der Waals surface area contributed by atoms with Gasteiger partial charge in [0, 0.05) is 19.6 Å². The first-order chi connectivity index (χ1) is 8.80. The normalized spacial score (nSPS) is 28.5. The van der Waals surface area contributed by atoms with Crippen molar-refractivity contribution >= 4 is 0 Å². The Morgan fingerprint density at radius 3 is 1.11 bits per heavy atom. The summed E-state index contributed by atoms with van der Waals surface area (Å²) in [5.41, 5.74) is 0. The standard InChI is InChI=1S/C9H24N6O3/c16-4-1-10-7-13-8(11-2-5-17)15-9(14-7)12-3-6-18/h7-18H,1-6H2. The van der Waals surface area contributed by atoms with Gasteiger partial charge in [0.2, 0.25) is 0 Å². The Labute approximate surface area is 106 Å². The van der Waals surface area contributed by atoms with Gasteiger partial charge < -0.3 is 15.3 Å². The average Bonchev–Trinajstić information content (AvgIpc) is 2.40. The van der Waals surface area contributed by atoms with E-state index in [2.05, 4.69) is 31.9 Å². The summed E-state index contributed by atoms with van der Waals surface area (Å²) in [6.45, 7) is 1.54. The molecule has 1 saturated heterocycles. The molecule has 0 bridgehead atoms. The summed E-state index contributed by atoms with van der Waals surface area (Å²) >= 11 is 0. The second-order valence-electron chi connectivity index (χ2n) is 3.83. The molecule has 9 N–H and O–H groups in total. The number of hydrogen-bond donors (Lipinski definition) is 9. The Balaban J connectivity index is 2.38. The molecule has 9 heteroatoms. The molecule has 0 atom stereocenters. The molecule has 0 aliphatic carbocycles. The molecule has 1 fully saturated rings. The molecule has 0 radical (unpaired) electrons. The van der Waals surface area contributed by atoms with Crippen molar-refractivity contribution in [2.75, 3.05) is 39.5 Å². The second-order valence-corrected chi connectivity index (χ2v) is 3.83. The van der Waals surface area contributed by atoms with Gasteiger partial charge in [0.15, 0.2) is 0 Å². The molecule has 0 amide bonds. The second kappa shape index (κ2) is 9.55. The van der Waals surface area contributed by atoms with Crippen molar-refractivity contribution in [2.24, 2.45) is 0 Å². The first-order valence-electron chi connectivity index (χ1n) is 6.11. The predicted molar refractivity (Wildman–Crippen MR) is 66.0 cm³/mol. The fraction of sp³-hybridized carbons (Fsp3) is 1.00. The fourth-order valence-corrected chi connectivity index (χ4v) is 1.62. The Kier molecular flexibility index (Phi) is 8.33. The van der Waals surface area contributed by atoms with Crippen LogP contribution in [0.5, 0.6) is 0 Å². The molecule has 0 aromatic rings. The van der Waals surface area contributed by atoms with Crippen LogP contribution in [0, 0.1) is 0 Å². The summed E-state index contributed by atoms with van der Waals surface area (Å²) in [6.07, 6.45) is -0.567. The molecule has 0 spiro atoms. The van der Waals surface area contributed by atoms with Crippen molar-refractivity contribution in [3.05, 3.63) is 0 Å². The van der Waals surface area contributed by atoms with Gasteiger partial charge in [-0.05, 0) is 0 Å². The minimum absolute atomic E-state index is 0.0523. The average molecular weight is 264 g/mol. The molecule has 0 aromatic carbocycles. The van der Waals surface area contributed by atoms with Crippen LogP contribution in [0.15, 0.2) is 0 Å². The number of nitrogens with one attached hydrogen (secondary N) is 6. The Bertz CT molecular complexity index is 171. The lowest BCUT2D eigenvalue weighted by Gasteiger charge is -2.39. The molecule has 1 heterocycles. The largest absolute Gasteiger partial charge is 0.395 e. The van der Waals surface area contributed by atoms with Crippen LogP contribution in [-0.2, 0) is 0 Å². The van der Waals surface area contributed by atoms with Gasteiger partial charge in [-0.15, -0.1) is 0 Å². The number of rotatable bonds is 9. The van der Waals surface area contributed by atoms with Crippen LogP contribution < -0.4 is 31.9 Å². The van der Waals surface area contributed by atoms with E-state index in [4.69, 9.17) is 15.3 Å². The highest BCUT2D eigenvalue weighted by atomic mass is 16.3. The molecule has 1 aliphatic heterocycles. The van der Waals surface area contributed by atoms with E-state index in [1.807, 2.05) is 0 Å². The lowest BCUT2D eigenvalue weighted by atomic mass is 10.5.